The number of aromatic nitrogens is 3. The van der Waals surface area contributed by atoms with Gasteiger partial charge in [-0.25, -0.2) is 13.2 Å². The Morgan fingerprint density at radius 2 is 2.05 bits per heavy atom. The molecule has 0 bridgehead atoms. The Bertz CT molecular complexity index is 775. The molecule has 2 heterocycles. The van der Waals surface area contributed by atoms with E-state index in [4.69, 9.17) is 5.11 Å². The number of aromatic carboxylic acids is 1. The minimum atomic E-state index is -3.75. The van der Waals surface area contributed by atoms with Crippen molar-refractivity contribution in [2.45, 2.75) is 11.4 Å². The third-order valence-corrected chi connectivity index (χ3v) is 4.84. The topological polar surface area (TPSA) is 97.4 Å². The van der Waals surface area contributed by atoms with Crippen LogP contribution in [0, 0.1) is 0 Å². The van der Waals surface area contributed by atoms with Crippen LogP contribution < -0.4 is 0 Å². The summed E-state index contributed by atoms with van der Waals surface area (Å²) in [4.78, 5) is 10.9. The first-order chi connectivity index (χ1) is 9.71. The maximum absolute atomic E-state index is 12.4. The van der Waals surface area contributed by atoms with Crippen molar-refractivity contribution in [3.05, 3.63) is 35.9 Å². The van der Waals surface area contributed by atoms with Crippen molar-refractivity contribution >= 4 is 16.0 Å². The molecule has 0 radical (unpaired) electrons. The molecule has 0 aromatic carbocycles. The van der Waals surface area contributed by atoms with Crippen LogP contribution in [0.1, 0.15) is 16.1 Å². The molecule has 21 heavy (non-hydrogen) atoms. The first kappa shape index (κ1) is 15.3. The van der Waals surface area contributed by atoms with Crippen molar-refractivity contribution in [1.82, 2.24) is 18.7 Å². The molecular formula is C12H16N4O4S. The number of carboxylic acid groups (broad SMARTS) is 1. The van der Waals surface area contributed by atoms with E-state index in [1.165, 1.54) is 24.9 Å². The van der Waals surface area contributed by atoms with Gasteiger partial charge in [0.05, 0.1) is 6.20 Å². The summed E-state index contributed by atoms with van der Waals surface area (Å²) in [6, 6.07) is 1.15. The third-order valence-electron chi connectivity index (χ3n) is 3.07. The van der Waals surface area contributed by atoms with Crippen LogP contribution in [0.25, 0.3) is 0 Å². The minimum absolute atomic E-state index is 0.0474. The smallest absolute Gasteiger partial charge is 0.352 e. The minimum Gasteiger partial charge on any atom is -0.477 e. The SMILES string of the molecule is CN(Cc1cnn(C)c1)S(=O)(=O)c1cc(C(=O)O)n(C)c1. The molecule has 114 valence electrons. The van der Waals surface area contributed by atoms with E-state index in [-0.39, 0.29) is 17.1 Å². The Morgan fingerprint density at radius 1 is 1.38 bits per heavy atom. The lowest BCUT2D eigenvalue weighted by Gasteiger charge is -2.15. The second-order valence-electron chi connectivity index (χ2n) is 4.76. The summed E-state index contributed by atoms with van der Waals surface area (Å²) in [6.07, 6.45) is 4.60. The zero-order valence-corrected chi connectivity index (χ0v) is 12.7. The molecule has 0 spiro atoms. The highest BCUT2D eigenvalue weighted by molar-refractivity contribution is 7.89. The summed E-state index contributed by atoms with van der Waals surface area (Å²) >= 11 is 0. The number of rotatable bonds is 5. The molecule has 1 N–H and O–H groups in total. The molecule has 2 aromatic rings. The van der Waals surface area contributed by atoms with Gasteiger partial charge in [0.25, 0.3) is 0 Å². The van der Waals surface area contributed by atoms with Gasteiger partial charge >= 0.3 is 5.97 Å². The van der Waals surface area contributed by atoms with Crippen molar-refractivity contribution in [2.24, 2.45) is 14.1 Å². The van der Waals surface area contributed by atoms with E-state index in [2.05, 4.69) is 5.10 Å². The molecule has 2 rings (SSSR count). The fourth-order valence-electron chi connectivity index (χ4n) is 1.96. The number of carbonyl (C=O) groups is 1. The molecule has 0 aliphatic rings. The third kappa shape index (κ3) is 2.98. The van der Waals surface area contributed by atoms with Crippen molar-refractivity contribution in [2.75, 3.05) is 7.05 Å². The molecule has 9 heteroatoms. The van der Waals surface area contributed by atoms with Crippen LogP contribution in [0.3, 0.4) is 0 Å². The molecule has 0 saturated heterocycles. The molecule has 2 aromatic heterocycles. The molecule has 0 saturated carbocycles. The zero-order valence-electron chi connectivity index (χ0n) is 11.9. The summed E-state index contributed by atoms with van der Waals surface area (Å²) in [5.41, 5.74) is 0.668. The number of sulfonamides is 1. The average Bonchev–Trinajstić information content (AvgIpc) is 2.95. The van der Waals surface area contributed by atoms with Gasteiger partial charge in [0.1, 0.15) is 10.6 Å². The van der Waals surface area contributed by atoms with Gasteiger partial charge in [-0.2, -0.15) is 9.40 Å². The fourth-order valence-corrected chi connectivity index (χ4v) is 3.19. The van der Waals surface area contributed by atoms with Gasteiger partial charge in [0.15, 0.2) is 0 Å². The second kappa shape index (κ2) is 5.34. The Kier molecular flexibility index (Phi) is 3.88. The van der Waals surface area contributed by atoms with Crippen LogP contribution in [0.2, 0.25) is 0 Å². The van der Waals surface area contributed by atoms with Crippen LogP contribution in [0.15, 0.2) is 29.6 Å². The van der Waals surface area contributed by atoms with Crippen LogP contribution in [0.5, 0.6) is 0 Å². The van der Waals surface area contributed by atoms with Crippen molar-refractivity contribution in [3.8, 4) is 0 Å². The summed E-state index contributed by atoms with van der Waals surface area (Å²) in [6.45, 7) is 0.160. The van der Waals surface area contributed by atoms with E-state index in [1.807, 2.05) is 0 Å². The molecule has 8 nitrogen and oxygen atoms in total. The predicted octanol–water partition coefficient (Wildman–Crippen LogP) is 0.277. The zero-order chi connectivity index (χ0) is 15.8. The first-order valence-electron chi connectivity index (χ1n) is 6.05. The lowest BCUT2D eigenvalue weighted by atomic mass is 10.4. The fraction of sp³-hybridized carbons (Fsp3) is 0.333. The number of aryl methyl sites for hydroxylation is 2. The Hall–Kier alpha value is -2.13. The van der Waals surface area contributed by atoms with E-state index >= 15 is 0 Å². The standard InChI is InChI=1S/C12H16N4O4S/c1-14-8-10(4-11(14)12(17)18)21(19,20)16(3)7-9-5-13-15(2)6-9/h4-6,8H,7H2,1-3H3,(H,17,18). The van der Waals surface area contributed by atoms with Crippen LogP contribution in [-0.2, 0) is 30.7 Å². The van der Waals surface area contributed by atoms with Gasteiger partial charge in [-0.15, -0.1) is 0 Å². The van der Waals surface area contributed by atoms with Gasteiger partial charge in [0.2, 0.25) is 10.0 Å². The van der Waals surface area contributed by atoms with Crippen LogP contribution in [-0.4, -0.2) is 45.2 Å². The second-order valence-corrected chi connectivity index (χ2v) is 6.81. The average molecular weight is 312 g/mol. The van der Waals surface area contributed by atoms with Crippen molar-refractivity contribution < 1.29 is 18.3 Å². The lowest BCUT2D eigenvalue weighted by molar-refractivity contribution is 0.0686. The maximum Gasteiger partial charge on any atom is 0.352 e. The Labute approximate surface area is 122 Å². The summed E-state index contributed by atoms with van der Waals surface area (Å²) < 4.78 is 28.9. The molecule has 0 fully saturated rings. The molecular weight excluding hydrogens is 296 g/mol. The predicted molar refractivity (Wildman–Crippen MR) is 74.2 cm³/mol. The Balaban J connectivity index is 2.28. The monoisotopic (exact) mass is 312 g/mol. The van der Waals surface area contributed by atoms with E-state index in [0.717, 1.165) is 15.9 Å². The van der Waals surface area contributed by atoms with Crippen LogP contribution >= 0.6 is 0 Å². The van der Waals surface area contributed by atoms with Crippen molar-refractivity contribution in [1.29, 1.82) is 0 Å². The number of nitrogens with zero attached hydrogens (tertiary/aromatic N) is 4. The van der Waals surface area contributed by atoms with Crippen LogP contribution in [0.4, 0.5) is 0 Å². The van der Waals surface area contributed by atoms with Gasteiger partial charge in [-0.1, -0.05) is 0 Å². The maximum atomic E-state index is 12.4. The largest absolute Gasteiger partial charge is 0.477 e. The van der Waals surface area contributed by atoms with Gasteiger partial charge in [-0.05, 0) is 6.07 Å². The van der Waals surface area contributed by atoms with Gasteiger partial charge < -0.3 is 9.67 Å². The van der Waals surface area contributed by atoms with Gasteiger partial charge in [-0.3, -0.25) is 4.68 Å². The lowest BCUT2D eigenvalue weighted by Crippen LogP contribution is -2.26. The summed E-state index contributed by atoms with van der Waals surface area (Å²) in [7, 11) is 0.923. The number of carboxylic acids is 1. The summed E-state index contributed by atoms with van der Waals surface area (Å²) in [5.74, 6) is -1.17. The molecule has 0 aliphatic heterocycles. The highest BCUT2D eigenvalue weighted by Crippen LogP contribution is 2.19. The van der Waals surface area contributed by atoms with Gasteiger partial charge in [0, 0.05) is 45.6 Å². The molecule has 0 atom stereocenters. The molecule has 0 amide bonds. The normalized spacial score (nSPS) is 12.0. The number of hydrogen-bond acceptors (Lipinski definition) is 4. The van der Waals surface area contributed by atoms with E-state index in [1.54, 1.807) is 24.1 Å². The number of hydrogen-bond donors (Lipinski definition) is 1. The molecule has 0 unspecified atom stereocenters. The quantitative estimate of drug-likeness (QED) is 0.855. The molecule has 0 aliphatic carbocycles. The van der Waals surface area contributed by atoms with E-state index in [9.17, 15) is 13.2 Å². The highest BCUT2D eigenvalue weighted by atomic mass is 32.2. The highest BCUT2D eigenvalue weighted by Gasteiger charge is 2.25. The first-order valence-corrected chi connectivity index (χ1v) is 7.49. The van der Waals surface area contributed by atoms with E-state index < -0.39 is 16.0 Å². The Morgan fingerprint density at radius 3 is 2.52 bits per heavy atom. The van der Waals surface area contributed by atoms with Crippen molar-refractivity contribution in [3.63, 3.8) is 0 Å². The summed E-state index contributed by atoms with van der Waals surface area (Å²) in [5, 5.41) is 13.0. The van der Waals surface area contributed by atoms with E-state index in [0.29, 0.717) is 0 Å².